The molecular weight excluding hydrogens is 383 g/mol. The van der Waals surface area contributed by atoms with Crippen molar-refractivity contribution >= 4 is 33.2 Å². The van der Waals surface area contributed by atoms with Gasteiger partial charge in [0, 0.05) is 18.6 Å². The van der Waals surface area contributed by atoms with Gasteiger partial charge in [0.2, 0.25) is 10.0 Å². The molecule has 0 saturated heterocycles. The van der Waals surface area contributed by atoms with Gasteiger partial charge in [0.05, 0.1) is 5.02 Å². The van der Waals surface area contributed by atoms with E-state index in [0.717, 1.165) is 4.31 Å². The molecule has 0 spiro atoms. The highest BCUT2D eigenvalue weighted by molar-refractivity contribution is 7.89. The molecule has 0 aliphatic heterocycles. The van der Waals surface area contributed by atoms with E-state index in [-0.39, 0.29) is 27.2 Å². The molecule has 0 N–H and O–H groups in total. The molecule has 0 aliphatic rings. The minimum absolute atomic E-state index is 0.00264. The van der Waals surface area contributed by atoms with E-state index in [9.17, 15) is 17.2 Å². The molecule has 0 fully saturated rings. The average Bonchev–Trinajstić information content (AvgIpc) is 2.51. The van der Waals surface area contributed by atoms with Crippen LogP contribution in [0.2, 0.25) is 10.0 Å². The zero-order valence-corrected chi connectivity index (χ0v) is 14.7. The van der Waals surface area contributed by atoms with Crippen LogP contribution >= 0.6 is 23.2 Å². The normalized spacial score (nSPS) is 12.0. The standard InChI is InChI=1S/C15H13Cl2F2NO3S/c1-20(9-10-2-5-12(6-3-10)23-15(18)19)24(21,22)14-8-11(16)4-7-13(14)17/h2-8,15H,9H2,1H3. The molecule has 0 aromatic heterocycles. The van der Waals surface area contributed by atoms with Crippen molar-refractivity contribution in [1.29, 1.82) is 0 Å². The maximum atomic E-state index is 12.6. The molecule has 2 aromatic rings. The Morgan fingerprint density at radius 2 is 1.75 bits per heavy atom. The van der Waals surface area contributed by atoms with Crippen LogP contribution in [-0.4, -0.2) is 26.4 Å². The molecule has 0 unspecified atom stereocenters. The third-order valence-corrected chi connectivity index (χ3v) is 5.66. The van der Waals surface area contributed by atoms with E-state index in [1.54, 1.807) is 0 Å². The summed E-state index contributed by atoms with van der Waals surface area (Å²) in [7, 11) is -2.47. The summed E-state index contributed by atoms with van der Waals surface area (Å²) in [6, 6.07) is 9.86. The number of rotatable bonds is 6. The van der Waals surface area contributed by atoms with Gasteiger partial charge in [-0.25, -0.2) is 8.42 Å². The third kappa shape index (κ3) is 4.57. The number of alkyl halides is 2. The first-order valence-electron chi connectivity index (χ1n) is 6.65. The molecule has 130 valence electrons. The summed E-state index contributed by atoms with van der Waals surface area (Å²) in [5, 5.41) is 0.312. The lowest BCUT2D eigenvalue weighted by atomic mass is 10.2. The summed E-state index contributed by atoms with van der Waals surface area (Å²) in [6.07, 6.45) is 0. The van der Waals surface area contributed by atoms with Crippen molar-refractivity contribution in [2.24, 2.45) is 0 Å². The van der Waals surface area contributed by atoms with E-state index in [2.05, 4.69) is 4.74 Å². The third-order valence-electron chi connectivity index (χ3n) is 3.14. The number of sulfonamides is 1. The molecule has 4 nitrogen and oxygen atoms in total. The van der Waals surface area contributed by atoms with Crippen molar-refractivity contribution in [3.05, 3.63) is 58.1 Å². The fourth-order valence-corrected chi connectivity index (χ4v) is 3.85. The van der Waals surface area contributed by atoms with E-state index < -0.39 is 16.6 Å². The number of ether oxygens (including phenoxy) is 1. The number of hydrogen-bond donors (Lipinski definition) is 0. The first-order chi connectivity index (χ1) is 11.2. The number of hydrogen-bond acceptors (Lipinski definition) is 3. The van der Waals surface area contributed by atoms with Gasteiger partial charge in [-0.05, 0) is 35.9 Å². The Kier molecular flexibility index (Phi) is 6.03. The largest absolute Gasteiger partial charge is 0.435 e. The highest BCUT2D eigenvalue weighted by atomic mass is 35.5. The van der Waals surface area contributed by atoms with Crippen molar-refractivity contribution in [1.82, 2.24) is 4.31 Å². The Hall–Kier alpha value is -1.41. The van der Waals surface area contributed by atoms with Crippen LogP contribution in [0, 0.1) is 0 Å². The van der Waals surface area contributed by atoms with Crippen LogP contribution in [0.1, 0.15) is 5.56 Å². The smallest absolute Gasteiger partial charge is 0.387 e. The first kappa shape index (κ1) is 18.9. The van der Waals surface area contributed by atoms with Gasteiger partial charge in [-0.15, -0.1) is 0 Å². The van der Waals surface area contributed by atoms with Gasteiger partial charge in [0.15, 0.2) is 0 Å². The quantitative estimate of drug-likeness (QED) is 0.727. The summed E-state index contributed by atoms with van der Waals surface area (Å²) in [5.41, 5.74) is 0.598. The minimum Gasteiger partial charge on any atom is -0.435 e. The van der Waals surface area contributed by atoms with Crippen LogP contribution in [0.5, 0.6) is 5.75 Å². The topological polar surface area (TPSA) is 46.6 Å². The van der Waals surface area contributed by atoms with Gasteiger partial charge in [0.25, 0.3) is 0 Å². The number of nitrogens with zero attached hydrogens (tertiary/aromatic N) is 1. The number of halogens is 4. The second-order valence-electron chi connectivity index (χ2n) is 4.86. The van der Waals surface area contributed by atoms with Crippen molar-refractivity contribution in [2.45, 2.75) is 18.1 Å². The van der Waals surface area contributed by atoms with Crippen LogP contribution < -0.4 is 4.74 Å². The summed E-state index contributed by atoms with van der Waals surface area (Å²) in [6.45, 7) is -2.89. The molecule has 9 heteroatoms. The second kappa shape index (κ2) is 7.65. The highest BCUT2D eigenvalue weighted by Gasteiger charge is 2.24. The van der Waals surface area contributed by atoms with Crippen molar-refractivity contribution in [3.63, 3.8) is 0 Å². The molecule has 0 aliphatic carbocycles. The molecule has 2 aromatic carbocycles. The van der Waals surface area contributed by atoms with E-state index in [1.807, 2.05) is 0 Å². The van der Waals surface area contributed by atoms with Crippen LogP contribution in [0.3, 0.4) is 0 Å². The van der Waals surface area contributed by atoms with Gasteiger partial charge in [0.1, 0.15) is 10.6 Å². The Morgan fingerprint density at radius 3 is 2.33 bits per heavy atom. The fraction of sp³-hybridized carbons (Fsp3) is 0.200. The molecule has 0 atom stereocenters. The second-order valence-corrected chi connectivity index (χ2v) is 7.72. The Labute approximate surface area is 148 Å². The zero-order valence-electron chi connectivity index (χ0n) is 12.4. The highest BCUT2D eigenvalue weighted by Crippen LogP contribution is 2.28. The van der Waals surface area contributed by atoms with Crippen molar-refractivity contribution < 1.29 is 21.9 Å². The molecule has 0 bridgehead atoms. The maximum Gasteiger partial charge on any atom is 0.387 e. The maximum absolute atomic E-state index is 12.6. The van der Waals surface area contributed by atoms with E-state index >= 15 is 0 Å². The molecule has 0 saturated carbocycles. The average molecular weight is 396 g/mol. The zero-order chi connectivity index (χ0) is 17.9. The Bertz CT molecular complexity index is 814. The summed E-state index contributed by atoms with van der Waals surface area (Å²) in [4.78, 5) is -0.100. The van der Waals surface area contributed by atoms with Gasteiger partial charge < -0.3 is 4.74 Å². The van der Waals surface area contributed by atoms with Gasteiger partial charge in [-0.2, -0.15) is 13.1 Å². The van der Waals surface area contributed by atoms with Crippen LogP contribution in [0.15, 0.2) is 47.4 Å². The van der Waals surface area contributed by atoms with Gasteiger partial charge in [-0.1, -0.05) is 35.3 Å². The number of benzene rings is 2. The Morgan fingerprint density at radius 1 is 1.12 bits per heavy atom. The summed E-state index contributed by atoms with van der Waals surface area (Å²) >= 11 is 11.8. The van der Waals surface area contributed by atoms with Crippen LogP contribution in [0.25, 0.3) is 0 Å². The molecular formula is C15H13Cl2F2NO3S. The van der Waals surface area contributed by atoms with Crippen molar-refractivity contribution in [2.75, 3.05) is 7.05 Å². The van der Waals surface area contributed by atoms with E-state index in [0.29, 0.717) is 5.56 Å². The van der Waals surface area contributed by atoms with Gasteiger partial charge >= 0.3 is 6.61 Å². The van der Waals surface area contributed by atoms with Crippen LogP contribution in [0.4, 0.5) is 8.78 Å². The van der Waals surface area contributed by atoms with Crippen molar-refractivity contribution in [3.8, 4) is 5.75 Å². The fourth-order valence-electron chi connectivity index (χ4n) is 1.96. The molecule has 0 amide bonds. The van der Waals surface area contributed by atoms with Crippen LogP contribution in [-0.2, 0) is 16.6 Å². The molecule has 0 radical (unpaired) electrons. The lowest BCUT2D eigenvalue weighted by Gasteiger charge is -2.18. The summed E-state index contributed by atoms with van der Waals surface area (Å²) < 4.78 is 54.7. The lowest BCUT2D eigenvalue weighted by Crippen LogP contribution is -2.26. The monoisotopic (exact) mass is 395 g/mol. The van der Waals surface area contributed by atoms with Gasteiger partial charge in [-0.3, -0.25) is 0 Å². The SMILES string of the molecule is CN(Cc1ccc(OC(F)F)cc1)S(=O)(=O)c1cc(Cl)ccc1Cl. The predicted molar refractivity (Wildman–Crippen MR) is 88.2 cm³/mol. The Balaban J connectivity index is 2.19. The van der Waals surface area contributed by atoms with E-state index in [4.69, 9.17) is 23.2 Å². The minimum atomic E-state index is -3.85. The predicted octanol–water partition coefficient (Wildman–Crippen LogP) is 4.42. The molecule has 24 heavy (non-hydrogen) atoms. The molecule has 2 rings (SSSR count). The lowest BCUT2D eigenvalue weighted by molar-refractivity contribution is -0.0498. The summed E-state index contributed by atoms with van der Waals surface area (Å²) in [5.74, 6) is -0.00264. The van der Waals surface area contributed by atoms with E-state index in [1.165, 1.54) is 49.5 Å². The first-order valence-corrected chi connectivity index (χ1v) is 8.85. The molecule has 0 heterocycles.